The molecule has 1 N–H and O–H groups in total. The van der Waals surface area contributed by atoms with Gasteiger partial charge in [-0.15, -0.1) is 0 Å². The fourth-order valence-electron chi connectivity index (χ4n) is 3.61. The van der Waals surface area contributed by atoms with E-state index in [0.29, 0.717) is 40.3 Å². The van der Waals surface area contributed by atoms with Crippen LogP contribution in [0.3, 0.4) is 0 Å². The maximum Gasteiger partial charge on any atom is 0.320 e. The van der Waals surface area contributed by atoms with Crippen molar-refractivity contribution in [3.63, 3.8) is 0 Å². The molecule has 3 aromatic heterocycles. The van der Waals surface area contributed by atoms with Gasteiger partial charge in [-0.2, -0.15) is 8.78 Å². The number of hydrogen-bond donors (Lipinski definition) is 1. The number of para-hydroxylation sites is 3. The highest BCUT2D eigenvalue weighted by molar-refractivity contribution is 6.05. The number of rotatable bonds is 5. The van der Waals surface area contributed by atoms with E-state index in [1.807, 2.05) is 31.2 Å². The standard InChI is InChI=1S/C21H17F2N5O/c1-12(20-27-14-7-3-4-8-15(14)28(20)21(22)23)10-24-19-18-17(25-11-26-19)13-6-2-5-9-16(13)29-18/h2-9,11-12,21H,10H2,1H3,(H,24,25,26). The lowest BCUT2D eigenvalue weighted by Gasteiger charge is -2.15. The number of halogens is 2. The lowest BCUT2D eigenvalue weighted by molar-refractivity contribution is 0.0706. The molecule has 0 fully saturated rings. The average molecular weight is 393 g/mol. The van der Waals surface area contributed by atoms with Crippen molar-refractivity contribution in [2.45, 2.75) is 19.4 Å². The van der Waals surface area contributed by atoms with E-state index in [-0.39, 0.29) is 5.92 Å². The van der Waals surface area contributed by atoms with Gasteiger partial charge in [0, 0.05) is 17.8 Å². The lowest BCUT2D eigenvalue weighted by atomic mass is 10.1. The van der Waals surface area contributed by atoms with Gasteiger partial charge < -0.3 is 9.73 Å². The van der Waals surface area contributed by atoms with Gasteiger partial charge in [-0.25, -0.2) is 15.0 Å². The largest absolute Gasteiger partial charge is 0.450 e. The van der Waals surface area contributed by atoms with Crippen molar-refractivity contribution >= 4 is 38.9 Å². The van der Waals surface area contributed by atoms with Crippen LogP contribution in [0.15, 0.2) is 59.3 Å². The predicted octanol–water partition coefficient (Wildman–Crippen LogP) is 5.34. The van der Waals surface area contributed by atoms with Crippen molar-refractivity contribution < 1.29 is 13.2 Å². The number of nitrogens with zero attached hydrogens (tertiary/aromatic N) is 4. The maximum absolute atomic E-state index is 13.7. The minimum Gasteiger partial charge on any atom is -0.450 e. The monoisotopic (exact) mass is 393 g/mol. The summed E-state index contributed by atoms with van der Waals surface area (Å²) in [6, 6.07) is 14.5. The van der Waals surface area contributed by atoms with Crippen LogP contribution in [0.25, 0.3) is 33.1 Å². The zero-order valence-corrected chi connectivity index (χ0v) is 15.5. The van der Waals surface area contributed by atoms with Crippen LogP contribution in [0.5, 0.6) is 0 Å². The summed E-state index contributed by atoms with van der Waals surface area (Å²) in [6.45, 7) is -0.454. The third-order valence-electron chi connectivity index (χ3n) is 4.99. The summed E-state index contributed by atoms with van der Waals surface area (Å²) in [4.78, 5) is 13.0. The first-order chi connectivity index (χ1) is 14.1. The number of fused-ring (bicyclic) bond motifs is 4. The van der Waals surface area contributed by atoms with Crippen molar-refractivity contribution in [1.29, 1.82) is 0 Å². The van der Waals surface area contributed by atoms with Crippen molar-refractivity contribution in [1.82, 2.24) is 19.5 Å². The highest BCUT2D eigenvalue weighted by Crippen LogP contribution is 2.31. The summed E-state index contributed by atoms with van der Waals surface area (Å²) in [7, 11) is 0. The quantitative estimate of drug-likeness (QED) is 0.437. The van der Waals surface area contributed by atoms with Crippen LogP contribution in [-0.2, 0) is 0 Å². The highest BCUT2D eigenvalue weighted by Gasteiger charge is 2.22. The molecule has 3 heterocycles. The summed E-state index contributed by atoms with van der Waals surface area (Å²) in [5, 5.41) is 4.12. The lowest BCUT2D eigenvalue weighted by Crippen LogP contribution is -2.16. The molecule has 0 bridgehead atoms. The second-order valence-electron chi connectivity index (χ2n) is 6.89. The zero-order chi connectivity index (χ0) is 20.0. The normalized spacial score (nSPS) is 13.0. The molecule has 0 saturated carbocycles. The van der Waals surface area contributed by atoms with Crippen LogP contribution in [0.4, 0.5) is 14.6 Å². The van der Waals surface area contributed by atoms with Gasteiger partial charge in [0.25, 0.3) is 0 Å². The van der Waals surface area contributed by atoms with E-state index < -0.39 is 6.55 Å². The molecule has 0 aliphatic rings. The van der Waals surface area contributed by atoms with Crippen molar-refractivity contribution in [3.8, 4) is 0 Å². The Hall–Kier alpha value is -3.55. The molecule has 6 nitrogen and oxygen atoms in total. The van der Waals surface area contributed by atoms with E-state index in [9.17, 15) is 8.78 Å². The average Bonchev–Trinajstić information content (AvgIpc) is 3.31. The molecule has 29 heavy (non-hydrogen) atoms. The van der Waals surface area contributed by atoms with Gasteiger partial charge in [-0.05, 0) is 24.3 Å². The number of imidazole rings is 1. The van der Waals surface area contributed by atoms with Crippen LogP contribution in [0.1, 0.15) is 25.2 Å². The first kappa shape index (κ1) is 17.5. The van der Waals surface area contributed by atoms with E-state index in [1.165, 1.54) is 6.33 Å². The molecular weight excluding hydrogens is 376 g/mol. The van der Waals surface area contributed by atoms with E-state index >= 15 is 0 Å². The Morgan fingerprint density at radius 2 is 1.86 bits per heavy atom. The number of aromatic nitrogens is 4. The SMILES string of the molecule is CC(CNc1ncnc2c1oc1ccccc12)c1nc2ccccc2n1C(F)F. The topological polar surface area (TPSA) is 68.8 Å². The molecule has 0 spiro atoms. The summed E-state index contributed by atoms with van der Waals surface area (Å²) in [5.41, 5.74) is 2.95. The smallest absolute Gasteiger partial charge is 0.320 e. The van der Waals surface area contributed by atoms with Gasteiger partial charge in [0.05, 0.1) is 11.0 Å². The first-order valence-electron chi connectivity index (χ1n) is 9.24. The van der Waals surface area contributed by atoms with Gasteiger partial charge in [-0.1, -0.05) is 31.2 Å². The highest BCUT2D eigenvalue weighted by atomic mass is 19.3. The van der Waals surface area contributed by atoms with Crippen LogP contribution in [0, 0.1) is 0 Å². The first-order valence-corrected chi connectivity index (χ1v) is 9.24. The zero-order valence-electron chi connectivity index (χ0n) is 15.5. The van der Waals surface area contributed by atoms with E-state index in [1.54, 1.807) is 24.3 Å². The van der Waals surface area contributed by atoms with Gasteiger partial charge in [-0.3, -0.25) is 4.57 Å². The molecule has 0 aliphatic carbocycles. The summed E-state index contributed by atoms with van der Waals surface area (Å²) in [5.74, 6) is 0.562. The Balaban J connectivity index is 1.48. The fraction of sp³-hybridized carbons (Fsp3) is 0.190. The van der Waals surface area contributed by atoms with Crippen LogP contribution < -0.4 is 5.32 Å². The molecule has 8 heteroatoms. The Kier molecular flexibility index (Phi) is 4.12. The second-order valence-corrected chi connectivity index (χ2v) is 6.89. The number of hydrogen-bond acceptors (Lipinski definition) is 5. The number of alkyl halides is 2. The molecule has 0 saturated heterocycles. The summed E-state index contributed by atoms with van der Waals surface area (Å²) >= 11 is 0. The number of anilines is 1. The molecule has 146 valence electrons. The Bertz CT molecular complexity index is 1330. The molecule has 0 radical (unpaired) electrons. The van der Waals surface area contributed by atoms with Gasteiger partial charge in [0.2, 0.25) is 0 Å². The second kappa shape index (κ2) is 6.80. The number of furan rings is 1. The molecular formula is C21H17F2N5O. The van der Waals surface area contributed by atoms with Crippen molar-refractivity contribution in [2.24, 2.45) is 0 Å². The number of nitrogens with one attached hydrogen (secondary N) is 1. The summed E-state index contributed by atoms with van der Waals surface area (Å²) < 4.78 is 34.3. The van der Waals surface area contributed by atoms with Crippen LogP contribution >= 0.6 is 0 Å². The molecule has 1 unspecified atom stereocenters. The Labute approximate surface area is 164 Å². The fourth-order valence-corrected chi connectivity index (χ4v) is 3.61. The summed E-state index contributed by atoms with van der Waals surface area (Å²) in [6.07, 6.45) is 1.46. The third kappa shape index (κ3) is 2.88. The molecule has 5 aromatic rings. The Morgan fingerprint density at radius 3 is 2.72 bits per heavy atom. The van der Waals surface area contributed by atoms with E-state index in [4.69, 9.17) is 4.42 Å². The maximum atomic E-state index is 13.7. The van der Waals surface area contributed by atoms with E-state index in [0.717, 1.165) is 15.5 Å². The van der Waals surface area contributed by atoms with Gasteiger partial charge in [0.15, 0.2) is 11.4 Å². The molecule has 0 aliphatic heterocycles. The Morgan fingerprint density at radius 1 is 1.07 bits per heavy atom. The number of benzene rings is 2. The van der Waals surface area contributed by atoms with Gasteiger partial charge in [0.1, 0.15) is 23.3 Å². The van der Waals surface area contributed by atoms with Gasteiger partial charge >= 0.3 is 6.55 Å². The third-order valence-corrected chi connectivity index (χ3v) is 4.99. The minimum atomic E-state index is -2.67. The minimum absolute atomic E-state index is 0.286. The van der Waals surface area contributed by atoms with Crippen molar-refractivity contribution in [2.75, 3.05) is 11.9 Å². The molecule has 2 aromatic carbocycles. The van der Waals surface area contributed by atoms with Crippen LogP contribution in [-0.4, -0.2) is 26.1 Å². The molecule has 5 rings (SSSR count). The predicted molar refractivity (Wildman–Crippen MR) is 107 cm³/mol. The van der Waals surface area contributed by atoms with Crippen molar-refractivity contribution in [3.05, 3.63) is 60.7 Å². The van der Waals surface area contributed by atoms with Crippen LogP contribution in [0.2, 0.25) is 0 Å². The molecule has 1 atom stereocenters. The molecule has 0 amide bonds. The van der Waals surface area contributed by atoms with E-state index in [2.05, 4.69) is 20.3 Å².